The molecule has 0 saturated heterocycles. The molecule has 3 rings (SSSR count). The summed E-state index contributed by atoms with van der Waals surface area (Å²) >= 11 is 0.341. The molecule has 0 amide bonds. The van der Waals surface area contributed by atoms with E-state index in [1.54, 1.807) is 0 Å². The molecule has 0 atom stereocenters. The molecule has 126 valence electrons. The standard InChI is InChI=1S/C22H21OPSe/c1-25-18-19(23)17-24(20-11-5-2-6-12-20,21-13-7-3-8-14-21)22-15-9-4-10-16-22/h2-17H,18H2,1H3/b19-17-. The molecule has 3 aromatic rings. The summed E-state index contributed by atoms with van der Waals surface area (Å²) in [7, 11) is -2.10. The minimum absolute atomic E-state index is 0.257. The number of hydrogen-bond donors (Lipinski definition) is 0. The Kier molecular flexibility index (Phi) is 6.10. The molecule has 0 unspecified atom stereocenters. The first-order chi connectivity index (χ1) is 12.3. The van der Waals surface area contributed by atoms with Gasteiger partial charge in [0, 0.05) is 0 Å². The Balaban J connectivity index is 2.34. The fourth-order valence-corrected chi connectivity index (χ4v) is 7.90. The first-order valence-corrected chi connectivity index (χ1v) is 13.0. The summed E-state index contributed by atoms with van der Waals surface area (Å²) in [5.74, 6) is 4.41. The normalized spacial score (nSPS) is 12.1. The maximum atomic E-state index is 12.8. The van der Waals surface area contributed by atoms with E-state index in [1.165, 1.54) is 15.9 Å². The molecule has 0 saturated carbocycles. The first-order valence-electron chi connectivity index (χ1n) is 8.20. The molecule has 0 bridgehead atoms. The van der Waals surface area contributed by atoms with Gasteiger partial charge >= 0.3 is 157 Å². The number of allylic oxidation sites excluding steroid dienone is 1. The van der Waals surface area contributed by atoms with Crippen molar-refractivity contribution in [1.29, 1.82) is 0 Å². The molecule has 3 aromatic carbocycles. The Labute approximate surface area is 156 Å². The molecular weight excluding hydrogens is 390 g/mol. The molecule has 1 nitrogen and oxygen atoms in total. The van der Waals surface area contributed by atoms with Gasteiger partial charge in [-0.05, 0) is 0 Å². The van der Waals surface area contributed by atoms with Crippen LogP contribution in [0.25, 0.3) is 0 Å². The second-order valence-electron chi connectivity index (χ2n) is 5.76. The SMILES string of the molecule is C[Se]C/C([O-])=C/[P+](c1ccccc1)(c1ccccc1)c1ccccc1. The van der Waals surface area contributed by atoms with Crippen molar-refractivity contribution in [3.8, 4) is 0 Å². The molecule has 0 aliphatic carbocycles. The molecule has 0 aliphatic heterocycles. The van der Waals surface area contributed by atoms with Crippen molar-refractivity contribution in [2.45, 2.75) is 11.1 Å². The van der Waals surface area contributed by atoms with Gasteiger partial charge in [0.05, 0.1) is 0 Å². The van der Waals surface area contributed by atoms with Crippen molar-refractivity contribution in [2.24, 2.45) is 0 Å². The van der Waals surface area contributed by atoms with Crippen molar-refractivity contribution < 1.29 is 5.11 Å². The van der Waals surface area contributed by atoms with Crippen LogP contribution in [0.15, 0.2) is 103 Å². The average molecular weight is 411 g/mol. The number of rotatable bonds is 6. The van der Waals surface area contributed by atoms with E-state index in [1.807, 2.05) is 24.0 Å². The molecule has 0 aliphatic rings. The molecule has 0 radical (unpaired) electrons. The van der Waals surface area contributed by atoms with E-state index in [-0.39, 0.29) is 5.76 Å². The fraction of sp³-hybridized carbons (Fsp3) is 0.0909. The van der Waals surface area contributed by atoms with Crippen molar-refractivity contribution in [2.75, 3.05) is 0 Å². The third kappa shape index (κ3) is 3.88. The van der Waals surface area contributed by atoms with Gasteiger partial charge in [-0.25, -0.2) is 0 Å². The molecule has 25 heavy (non-hydrogen) atoms. The molecule has 0 heterocycles. The molecule has 0 N–H and O–H groups in total. The van der Waals surface area contributed by atoms with Crippen LogP contribution >= 0.6 is 7.26 Å². The number of hydrogen-bond acceptors (Lipinski definition) is 1. The monoisotopic (exact) mass is 412 g/mol. The van der Waals surface area contributed by atoms with E-state index >= 15 is 0 Å². The quantitative estimate of drug-likeness (QED) is 0.347. The maximum absolute atomic E-state index is 12.8. The molecular formula is C22H21OPSe. The van der Waals surface area contributed by atoms with E-state index in [4.69, 9.17) is 0 Å². The van der Waals surface area contributed by atoms with Crippen molar-refractivity contribution in [3.05, 3.63) is 103 Å². The van der Waals surface area contributed by atoms with Gasteiger partial charge in [-0.15, -0.1) is 0 Å². The van der Waals surface area contributed by atoms with E-state index in [2.05, 4.69) is 78.6 Å². The van der Waals surface area contributed by atoms with E-state index in [0.29, 0.717) is 20.3 Å². The summed E-state index contributed by atoms with van der Waals surface area (Å²) in [5.41, 5.74) is 0. The van der Waals surface area contributed by atoms with Gasteiger partial charge in [0.1, 0.15) is 0 Å². The van der Waals surface area contributed by atoms with Gasteiger partial charge in [-0.2, -0.15) is 0 Å². The Bertz CT molecular complexity index is 720. The van der Waals surface area contributed by atoms with Crippen LogP contribution in [0.5, 0.6) is 0 Å². The Hall–Kier alpha value is -1.85. The Morgan fingerprint density at radius 1 is 0.760 bits per heavy atom. The van der Waals surface area contributed by atoms with Gasteiger partial charge in [0.15, 0.2) is 0 Å². The van der Waals surface area contributed by atoms with E-state index in [0.717, 1.165) is 0 Å². The first kappa shape index (κ1) is 18.0. The van der Waals surface area contributed by atoms with Crippen LogP contribution in [0.1, 0.15) is 0 Å². The summed E-state index contributed by atoms with van der Waals surface area (Å²) in [5, 5.41) is 17.1. The van der Waals surface area contributed by atoms with Crippen LogP contribution in [0.3, 0.4) is 0 Å². The van der Waals surface area contributed by atoms with Gasteiger partial charge in [0.25, 0.3) is 0 Å². The molecule has 0 aromatic heterocycles. The van der Waals surface area contributed by atoms with E-state index in [9.17, 15) is 5.11 Å². The van der Waals surface area contributed by atoms with Crippen molar-refractivity contribution >= 4 is 38.1 Å². The molecule has 0 fully saturated rings. The second-order valence-corrected chi connectivity index (χ2v) is 10.8. The summed E-state index contributed by atoms with van der Waals surface area (Å²) in [6.07, 6.45) is 0. The van der Waals surface area contributed by atoms with Crippen LogP contribution < -0.4 is 21.0 Å². The van der Waals surface area contributed by atoms with E-state index < -0.39 is 7.26 Å². The Morgan fingerprint density at radius 3 is 1.44 bits per heavy atom. The van der Waals surface area contributed by atoms with Crippen LogP contribution in [0.2, 0.25) is 11.1 Å². The van der Waals surface area contributed by atoms with Gasteiger partial charge in [-0.3, -0.25) is 0 Å². The van der Waals surface area contributed by atoms with Crippen LogP contribution in [-0.4, -0.2) is 15.0 Å². The van der Waals surface area contributed by atoms with Crippen LogP contribution in [0.4, 0.5) is 0 Å². The zero-order valence-electron chi connectivity index (χ0n) is 14.2. The summed E-state index contributed by atoms with van der Waals surface area (Å²) < 4.78 is 0. The van der Waals surface area contributed by atoms with Gasteiger partial charge in [-0.1, -0.05) is 0 Å². The van der Waals surface area contributed by atoms with Gasteiger partial charge in [0.2, 0.25) is 0 Å². The Morgan fingerprint density at radius 2 is 1.12 bits per heavy atom. The fourth-order valence-electron chi connectivity index (χ4n) is 3.06. The van der Waals surface area contributed by atoms with Crippen LogP contribution in [0, 0.1) is 0 Å². The molecule has 3 heteroatoms. The molecule has 0 spiro atoms. The van der Waals surface area contributed by atoms with Crippen molar-refractivity contribution in [1.82, 2.24) is 0 Å². The predicted octanol–water partition coefficient (Wildman–Crippen LogP) is 3.35. The number of benzene rings is 3. The van der Waals surface area contributed by atoms with Gasteiger partial charge < -0.3 is 0 Å². The zero-order chi connectivity index (χ0) is 17.5. The third-order valence-electron chi connectivity index (χ3n) is 4.11. The summed E-state index contributed by atoms with van der Waals surface area (Å²) in [4.78, 5) is 0. The van der Waals surface area contributed by atoms with Crippen LogP contribution in [-0.2, 0) is 0 Å². The zero-order valence-corrected chi connectivity index (χ0v) is 16.8. The predicted molar refractivity (Wildman–Crippen MR) is 110 cm³/mol. The average Bonchev–Trinajstić information content (AvgIpc) is 2.68. The second kappa shape index (κ2) is 8.50. The third-order valence-corrected chi connectivity index (χ3v) is 9.33. The topological polar surface area (TPSA) is 23.1 Å². The minimum atomic E-state index is -2.10. The van der Waals surface area contributed by atoms with Crippen molar-refractivity contribution in [3.63, 3.8) is 0 Å². The summed E-state index contributed by atoms with van der Waals surface area (Å²) in [6.45, 7) is 0. The summed E-state index contributed by atoms with van der Waals surface area (Å²) in [6, 6.07) is 31.5.